The molecule has 0 saturated carbocycles. The van der Waals surface area contributed by atoms with E-state index in [1.807, 2.05) is 24.3 Å². The summed E-state index contributed by atoms with van der Waals surface area (Å²) in [4.78, 5) is 14.8. The Balaban J connectivity index is 0.00000218. The molecule has 0 saturated heterocycles. The fraction of sp³-hybridized carbons (Fsp3) is 0.240. The molecule has 2 N–H and O–H groups in total. The second kappa shape index (κ2) is 8.50. The molecule has 5 rings (SSSR count). The maximum Gasteiger partial charge on any atom is 0.410 e. The van der Waals surface area contributed by atoms with Crippen LogP contribution in [0.4, 0.5) is 4.79 Å². The first-order valence-corrected chi connectivity index (χ1v) is 10.1. The molecule has 0 spiro atoms. The standard InChI is InChI=1S/C25H24N2O2.ClH/c26-14-19-13-17-7-1-2-8-18(17)15-27(19)25(28)29-16-24-22-11-5-3-9-20(22)21-10-4-6-12-23(21)24;/h1-12,19,24H,13-16,26H2;1H/t19-;/m0./s1. The quantitative estimate of drug-likeness (QED) is 0.665. The number of ether oxygens (including phenoxy) is 1. The Morgan fingerprint density at radius 2 is 1.47 bits per heavy atom. The van der Waals surface area contributed by atoms with Crippen molar-refractivity contribution in [2.75, 3.05) is 13.2 Å². The van der Waals surface area contributed by atoms with Gasteiger partial charge in [-0.3, -0.25) is 4.90 Å². The molecule has 3 aromatic rings. The maximum absolute atomic E-state index is 13.0. The van der Waals surface area contributed by atoms with Crippen LogP contribution < -0.4 is 5.73 Å². The van der Waals surface area contributed by atoms with Gasteiger partial charge in [0.05, 0.1) is 6.04 Å². The molecule has 154 valence electrons. The molecule has 0 bridgehead atoms. The van der Waals surface area contributed by atoms with Crippen molar-refractivity contribution < 1.29 is 9.53 Å². The lowest BCUT2D eigenvalue weighted by Gasteiger charge is -2.35. The average Bonchev–Trinajstić information content (AvgIpc) is 3.10. The van der Waals surface area contributed by atoms with E-state index < -0.39 is 0 Å². The largest absolute Gasteiger partial charge is 0.448 e. The van der Waals surface area contributed by atoms with Gasteiger partial charge in [-0.1, -0.05) is 72.8 Å². The van der Waals surface area contributed by atoms with Crippen molar-refractivity contribution in [2.45, 2.75) is 24.9 Å². The van der Waals surface area contributed by atoms with Gasteiger partial charge in [0.2, 0.25) is 0 Å². The highest BCUT2D eigenvalue weighted by atomic mass is 35.5. The van der Waals surface area contributed by atoms with Crippen LogP contribution in [0.3, 0.4) is 0 Å². The zero-order chi connectivity index (χ0) is 19.8. The van der Waals surface area contributed by atoms with E-state index in [1.165, 1.54) is 33.4 Å². The minimum atomic E-state index is -0.281. The molecule has 4 nitrogen and oxygen atoms in total. The number of rotatable bonds is 3. The van der Waals surface area contributed by atoms with E-state index in [-0.39, 0.29) is 30.5 Å². The predicted molar refractivity (Wildman–Crippen MR) is 121 cm³/mol. The number of benzene rings is 3. The van der Waals surface area contributed by atoms with E-state index in [2.05, 4.69) is 48.5 Å². The number of carbonyl (C=O) groups is 1. The molecule has 2 aliphatic rings. The van der Waals surface area contributed by atoms with Crippen LogP contribution in [0.15, 0.2) is 72.8 Å². The molecule has 3 aromatic carbocycles. The van der Waals surface area contributed by atoms with Crippen molar-refractivity contribution >= 4 is 18.5 Å². The fourth-order valence-corrected chi connectivity index (χ4v) is 4.69. The van der Waals surface area contributed by atoms with Gasteiger partial charge in [0.1, 0.15) is 6.61 Å². The highest BCUT2D eigenvalue weighted by molar-refractivity contribution is 5.85. The summed E-state index contributed by atoms with van der Waals surface area (Å²) < 4.78 is 5.86. The summed E-state index contributed by atoms with van der Waals surface area (Å²) in [6.07, 6.45) is 0.494. The number of nitrogens with two attached hydrogens (primary N) is 1. The summed E-state index contributed by atoms with van der Waals surface area (Å²) in [6, 6.07) is 25.0. The van der Waals surface area contributed by atoms with Crippen LogP contribution in [0.2, 0.25) is 0 Å². The third-order valence-corrected chi connectivity index (χ3v) is 6.20. The molecule has 1 heterocycles. The van der Waals surface area contributed by atoms with Crippen molar-refractivity contribution in [1.82, 2.24) is 4.90 Å². The zero-order valence-electron chi connectivity index (χ0n) is 16.7. The smallest absolute Gasteiger partial charge is 0.410 e. The van der Waals surface area contributed by atoms with E-state index in [1.54, 1.807) is 4.90 Å². The first-order chi connectivity index (χ1) is 14.3. The third kappa shape index (κ3) is 3.47. The maximum atomic E-state index is 13.0. The van der Waals surface area contributed by atoms with Crippen molar-refractivity contribution in [1.29, 1.82) is 0 Å². The lowest BCUT2D eigenvalue weighted by molar-refractivity contribution is 0.0779. The van der Waals surface area contributed by atoms with Crippen LogP contribution in [0.5, 0.6) is 0 Å². The topological polar surface area (TPSA) is 55.6 Å². The van der Waals surface area contributed by atoms with Gasteiger partial charge in [-0.2, -0.15) is 0 Å². The van der Waals surface area contributed by atoms with Gasteiger partial charge < -0.3 is 10.5 Å². The third-order valence-electron chi connectivity index (χ3n) is 6.20. The molecule has 0 aromatic heterocycles. The molecular formula is C25H25ClN2O2. The van der Waals surface area contributed by atoms with Gasteiger partial charge in [-0.25, -0.2) is 4.79 Å². The molecule has 1 atom stereocenters. The fourth-order valence-electron chi connectivity index (χ4n) is 4.69. The number of nitrogens with zero attached hydrogens (tertiary/aromatic N) is 1. The van der Waals surface area contributed by atoms with Crippen LogP contribution in [-0.4, -0.2) is 30.2 Å². The highest BCUT2D eigenvalue weighted by Gasteiger charge is 2.32. The highest BCUT2D eigenvalue weighted by Crippen LogP contribution is 2.44. The summed E-state index contributed by atoms with van der Waals surface area (Å²) in [5.41, 5.74) is 13.3. The number of hydrogen-bond donors (Lipinski definition) is 1. The van der Waals surface area contributed by atoms with Crippen molar-refractivity contribution in [2.24, 2.45) is 5.73 Å². The molecule has 0 radical (unpaired) electrons. The van der Waals surface area contributed by atoms with Crippen LogP contribution in [-0.2, 0) is 17.7 Å². The Kier molecular flexibility index (Phi) is 5.80. The molecule has 30 heavy (non-hydrogen) atoms. The van der Waals surface area contributed by atoms with Crippen molar-refractivity contribution in [3.05, 3.63) is 95.1 Å². The van der Waals surface area contributed by atoms with Gasteiger partial charge >= 0.3 is 6.09 Å². The zero-order valence-corrected chi connectivity index (χ0v) is 17.5. The number of amides is 1. The predicted octanol–water partition coefficient (Wildman–Crippen LogP) is 4.74. The Bertz CT molecular complexity index is 1020. The summed E-state index contributed by atoms with van der Waals surface area (Å²) in [6.45, 7) is 1.32. The van der Waals surface area contributed by atoms with E-state index in [4.69, 9.17) is 10.5 Å². The SMILES string of the molecule is Cl.NC[C@@H]1Cc2ccccc2CN1C(=O)OCC1c2ccccc2-c2ccccc21. The van der Waals surface area contributed by atoms with Gasteiger partial charge in [0, 0.05) is 19.0 Å². The first kappa shape index (κ1) is 20.5. The Hall–Kier alpha value is -2.82. The molecule has 5 heteroatoms. The summed E-state index contributed by atoms with van der Waals surface area (Å²) in [5, 5.41) is 0. The van der Waals surface area contributed by atoms with Gasteiger partial charge in [0.25, 0.3) is 0 Å². The lowest BCUT2D eigenvalue weighted by atomic mass is 9.94. The molecule has 1 amide bonds. The van der Waals surface area contributed by atoms with Crippen molar-refractivity contribution in [3.8, 4) is 11.1 Å². The lowest BCUT2D eigenvalue weighted by Crippen LogP contribution is -2.48. The van der Waals surface area contributed by atoms with E-state index >= 15 is 0 Å². The minimum absolute atomic E-state index is 0. The van der Waals surface area contributed by atoms with Crippen molar-refractivity contribution in [3.63, 3.8) is 0 Å². The van der Waals surface area contributed by atoms with E-state index in [0.29, 0.717) is 19.7 Å². The second-order valence-corrected chi connectivity index (χ2v) is 7.79. The monoisotopic (exact) mass is 420 g/mol. The average molecular weight is 421 g/mol. The Morgan fingerprint density at radius 3 is 2.10 bits per heavy atom. The normalized spacial score (nSPS) is 16.8. The summed E-state index contributed by atoms with van der Waals surface area (Å²) >= 11 is 0. The Labute approximate surface area is 183 Å². The van der Waals surface area contributed by atoms with E-state index in [0.717, 1.165) is 6.42 Å². The van der Waals surface area contributed by atoms with Crippen LogP contribution in [0, 0.1) is 0 Å². The second-order valence-electron chi connectivity index (χ2n) is 7.79. The summed E-state index contributed by atoms with van der Waals surface area (Å²) in [5.74, 6) is 0.0692. The molecular weight excluding hydrogens is 396 g/mol. The van der Waals surface area contributed by atoms with Crippen LogP contribution in [0.1, 0.15) is 28.2 Å². The number of carbonyl (C=O) groups excluding carboxylic acids is 1. The van der Waals surface area contributed by atoms with E-state index in [9.17, 15) is 4.79 Å². The van der Waals surface area contributed by atoms with Crippen LogP contribution in [0.25, 0.3) is 11.1 Å². The van der Waals surface area contributed by atoms with Gasteiger partial charge in [-0.15, -0.1) is 12.4 Å². The number of fused-ring (bicyclic) bond motifs is 4. The van der Waals surface area contributed by atoms with Gasteiger partial charge in [0.15, 0.2) is 0 Å². The number of hydrogen-bond acceptors (Lipinski definition) is 3. The number of halogens is 1. The molecule has 1 aliphatic heterocycles. The van der Waals surface area contributed by atoms with Crippen LogP contribution >= 0.6 is 12.4 Å². The summed E-state index contributed by atoms with van der Waals surface area (Å²) in [7, 11) is 0. The molecule has 1 aliphatic carbocycles. The van der Waals surface area contributed by atoms with Gasteiger partial charge in [-0.05, 0) is 39.8 Å². The minimum Gasteiger partial charge on any atom is -0.448 e. The Morgan fingerprint density at radius 1 is 0.900 bits per heavy atom. The molecule has 0 unspecified atom stereocenters. The molecule has 0 fully saturated rings. The first-order valence-electron chi connectivity index (χ1n) is 10.1.